The Bertz CT molecular complexity index is 812. The molecule has 0 spiro atoms. The number of hydrogen-bond donors (Lipinski definition) is 2. The monoisotopic (exact) mass is 432 g/mol. The Morgan fingerprint density at radius 2 is 1.55 bits per heavy atom. The second kappa shape index (κ2) is 13.7. The van der Waals surface area contributed by atoms with Crippen molar-refractivity contribution in [2.45, 2.75) is 59.7 Å². The smallest absolute Gasteiger partial charge is 0.204 e. The number of ether oxygens (including phenoxy) is 3. The van der Waals surface area contributed by atoms with Crippen LogP contribution in [0.5, 0.6) is 17.2 Å². The van der Waals surface area contributed by atoms with Gasteiger partial charge in [-0.25, -0.2) is 0 Å². The molecule has 0 fully saturated rings. The molecule has 0 aromatic heterocycles. The molecule has 1 aromatic rings. The van der Waals surface area contributed by atoms with E-state index in [0.29, 0.717) is 6.29 Å². The van der Waals surface area contributed by atoms with Crippen molar-refractivity contribution >= 4 is 6.29 Å². The Labute approximate surface area is 185 Å². The predicted octanol–water partition coefficient (Wildman–Crippen LogP) is 6.00. The number of allylic oxidation sites excluding steroid dienone is 5. The van der Waals surface area contributed by atoms with E-state index in [1.54, 1.807) is 0 Å². The van der Waals surface area contributed by atoms with E-state index in [1.165, 1.54) is 31.4 Å². The first-order valence-electron chi connectivity index (χ1n) is 10.4. The lowest BCUT2D eigenvalue weighted by atomic mass is 10.0. The Morgan fingerprint density at radius 3 is 2.10 bits per heavy atom. The molecule has 6 heteroatoms. The van der Waals surface area contributed by atoms with Crippen molar-refractivity contribution in [1.82, 2.24) is 0 Å². The summed E-state index contributed by atoms with van der Waals surface area (Å²) in [6, 6.07) is 1.30. The zero-order valence-electron chi connectivity index (χ0n) is 19.5. The molecule has 0 amide bonds. The van der Waals surface area contributed by atoms with Gasteiger partial charge in [0.25, 0.3) is 0 Å². The zero-order valence-corrected chi connectivity index (χ0v) is 19.5. The van der Waals surface area contributed by atoms with E-state index in [-0.39, 0.29) is 29.2 Å². The molecule has 0 aliphatic carbocycles. The number of phenols is 2. The summed E-state index contributed by atoms with van der Waals surface area (Å²) in [7, 11) is 2.80. The van der Waals surface area contributed by atoms with Gasteiger partial charge in [0.1, 0.15) is 6.61 Å². The molecule has 0 unspecified atom stereocenters. The molecule has 0 atom stereocenters. The Hall–Kier alpha value is -2.57. The number of carbonyl (C=O) groups excluding carboxylic acids is 1. The van der Waals surface area contributed by atoms with Crippen molar-refractivity contribution < 1.29 is 29.2 Å². The summed E-state index contributed by atoms with van der Waals surface area (Å²) in [5, 5.41) is 20.7. The van der Waals surface area contributed by atoms with Gasteiger partial charge in [-0.1, -0.05) is 28.9 Å². The van der Waals surface area contributed by atoms with Gasteiger partial charge in [0.05, 0.1) is 5.56 Å². The molecule has 6 nitrogen and oxygen atoms in total. The molecule has 0 aliphatic rings. The highest BCUT2D eigenvalue weighted by Gasteiger charge is 2.23. The summed E-state index contributed by atoms with van der Waals surface area (Å²) < 4.78 is 15.8. The van der Waals surface area contributed by atoms with Gasteiger partial charge in [0.15, 0.2) is 24.1 Å². The number of phenolic OH excluding ortho intramolecular Hbond substituents is 2. The van der Waals surface area contributed by atoms with E-state index < -0.39 is 12.0 Å². The number of methoxy groups -OCH3 is 2. The first-order valence-corrected chi connectivity index (χ1v) is 10.4. The summed E-state index contributed by atoms with van der Waals surface area (Å²) in [5.41, 5.74) is 4.04. The van der Waals surface area contributed by atoms with Crippen LogP contribution in [0.15, 0.2) is 41.0 Å². The van der Waals surface area contributed by atoms with Gasteiger partial charge in [0.2, 0.25) is 5.75 Å². The average molecular weight is 433 g/mol. The van der Waals surface area contributed by atoms with Crippen LogP contribution in [0.1, 0.15) is 75.6 Å². The van der Waals surface area contributed by atoms with Crippen molar-refractivity contribution in [3.05, 3.63) is 52.1 Å². The lowest BCUT2D eigenvalue weighted by Crippen LogP contribution is -2.08. The molecule has 0 saturated heterocycles. The first-order chi connectivity index (χ1) is 14.7. The van der Waals surface area contributed by atoms with Gasteiger partial charge in [0, 0.05) is 19.8 Å². The zero-order chi connectivity index (χ0) is 23.4. The molecular formula is C25H36O6. The molecule has 0 radical (unpaired) electrons. The standard InChI is InChI=1S/C25H36O6/c1-17(2)9-7-10-18(3)11-8-12-19(4)13-14-31-24-22(27)15-20(25(29-5)30-6)21(16-26)23(24)28/h9,11,13,15-16,25,27-28H,7-8,10,12,14H2,1-6H3. The van der Waals surface area contributed by atoms with E-state index in [0.717, 1.165) is 31.3 Å². The lowest BCUT2D eigenvalue weighted by Gasteiger charge is -2.18. The Morgan fingerprint density at radius 1 is 0.968 bits per heavy atom. The predicted molar refractivity (Wildman–Crippen MR) is 123 cm³/mol. The highest BCUT2D eigenvalue weighted by Crippen LogP contribution is 2.42. The van der Waals surface area contributed by atoms with Gasteiger partial charge in [-0.3, -0.25) is 4.79 Å². The second-order valence-corrected chi connectivity index (χ2v) is 7.77. The van der Waals surface area contributed by atoms with Crippen LogP contribution in [0, 0.1) is 0 Å². The molecule has 0 heterocycles. The maximum absolute atomic E-state index is 11.5. The van der Waals surface area contributed by atoms with Crippen LogP contribution in [0.4, 0.5) is 0 Å². The molecule has 172 valence electrons. The Balaban J connectivity index is 2.73. The van der Waals surface area contributed by atoms with Crippen molar-refractivity contribution in [2.75, 3.05) is 20.8 Å². The van der Waals surface area contributed by atoms with Gasteiger partial charge >= 0.3 is 0 Å². The number of hydrogen-bond acceptors (Lipinski definition) is 6. The van der Waals surface area contributed by atoms with E-state index >= 15 is 0 Å². The third kappa shape index (κ3) is 8.59. The van der Waals surface area contributed by atoms with Crippen molar-refractivity contribution in [2.24, 2.45) is 0 Å². The van der Waals surface area contributed by atoms with Crippen LogP contribution >= 0.6 is 0 Å². The molecule has 1 rings (SSSR count). The molecule has 0 saturated carbocycles. The van der Waals surface area contributed by atoms with E-state index in [4.69, 9.17) is 14.2 Å². The highest BCUT2D eigenvalue weighted by atomic mass is 16.7. The third-order valence-corrected chi connectivity index (χ3v) is 4.89. The van der Waals surface area contributed by atoms with Crippen LogP contribution in [0.2, 0.25) is 0 Å². The molecule has 31 heavy (non-hydrogen) atoms. The normalized spacial score (nSPS) is 12.2. The fourth-order valence-corrected chi connectivity index (χ4v) is 3.09. The molecule has 2 N–H and O–H groups in total. The number of rotatable bonds is 13. The van der Waals surface area contributed by atoms with E-state index in [1.807, 2.05) is 13.0 Å². The molecule has 0 bridgehead atoms. The van der Waals surface area contributed by atoms with Crippen molar-refractivity contribution in [1.29, 1.82) is 0 Å². The number of aromatic hydroxyl groups is 2. The van der Waals surface area contributed by atoms with Crippen LogP contribution in [-0.2, 0) is 9.47 Å². The highest BCUT2D eigenvalue weighted by molar-refractivity contribution is 5.84. The average Bonchev–Trinajstić information content (AvgIpc) is 2.71. The van der Waals surface area contributed by atoms with E-state index in [9.17, 15) is 15.0 Å². The topological polar surface area (TPSA) is 85.2 Å². The minimum Gasteiger partial charge on any atom is -0.504 e. The van der Waals surface area contributed by atoms with Crippen molar-refractivity contribution in [3.63, 3.8) is 0 Å². The first kappa shape index (κ1) is 26.5. The summed E-state index contributed by atoms with van der Waals surface area (Å²) in [5.74, 6) is -0.876. The minimum absolute atomic E-state index is 0.0454. The van der Waals surface area contributed by atoms with E-state index in [2.05, 4.69) is 32.9 Å². The molecule has 1 aromatic carbocycles. The van der Waals surface area contributed by atoms with Gasteiger partial charge in [-0.2, -0.15) is 0 Å². The molecule has 0 aliphatic heterocycles. The largest absolute Gasteiger partial charge is 0.504 e. The van der Waals surface area contributed by atoms with Gasteiger partial charge in [-0.05, 0) is 65.5 Å². The fourth-order valence-electron chi connectivity index (χ4n) is 3.09. The number of carbonyl (C=O) groups is 1. The summed E-state index contributed by atoms with van der Waals surface area (Å²) >= 11 is 0. The minimum atomic E-state index is -0.897. The lowest BCUT2D eigenvalue weighted by molar-refractivity contribution is -0.106. The summed E-state index contributed by atoms with van der Waals surface area (Å²) in [6.07, 6.45) is 9.95. The summed E-state index contributed by atoms with van der Waals surface area (Å²) in [6.45, 7) is 8.54. The van der Waals surface area contributed by atoms with Gasteiger partial charge < -0.3 is 24.4 Å². The Kier molecular flexibility index (Phi) is 11.7. The molecular weight excluding hydrogens is 396 g/mol. The van der Waals surface area contributed by atoms with Crippen molar-refractivity contribution in [3.8, 4) is 17.2 Å². The number of benzene rings is 1. The SMILES string of the molecule is COC(OC)c1cc(O)c(OCC=C(C)CCC=C(C)CCC=C(C)C)c(O)c1C=O. The summed E-state index contributed by atoms with van der Waals surface area (Å²) in [4.78, 5) is 11.5. The number of aldehydes is 1. The van der Waals surface area contributed by atoms with Crippen LogP contribution in [0.25, 0.3) is 0 Å². The van der Waals surface area contributed by atoms with Crippen LogP contribution in [-0.4, -0.2) is 37.3 Å². The second-order valence-electron chi connectivity index (χ2n) is 7.77. The quantitative estimate of drug-likeness (QED) is 0.226. The van der Waals surface area contributed by atoms with Crippen LogP contribution < -0.4 is 4.74 Å². The maximum Gasteiger partial charge on any atom is 0.204 e. The third-order valence-electron chi connectivity index (χ3n) is 4.89. The fraction of sp³-hybridized carbons (Fsp3) is 0.480. The van der Waals surface area contributed by atoms with Gasteiger partial charge in [-0.15, -0.1) is 0 Å². The van der Waals surface area contributed by atoms with Crippen LogP contribution in [0.3, 0.4) is 0 Å². The maximum atomic E-state index is 11.5.